The molecule has 1 unspecified atom stereocenters. The van der Waals surface area contributed by atoms with Gasteiger partial charge < -0.3 is 15.2 Å². The number of hydrogen-bond donors (Lipinski definition) is 2. The van der Waals surface area contributed by atoms with E-state index in [0.717, 1.165) is 12.1 Å². The molecular formula is C18H23NO2. The third-order valence-electron chi connectivity index (χ3n) is 3.75. The van der Waals surface area contributed by atoms with Crippen LogP contribution < -0.4 is 10.1 Å². The first-order chi connectivity index (χ1) is 10.0. The SMILES string of the molecule is COc1cc(CNC(C)c2ccc(C)cc2C)ccc1O. The Morgan fingerprint density at radius 3 is 2.57 bits per heavy atom. The highest BCUT2D eigenvalue weighted by molar-refractivity contribution is 5.41. The molecule has 0 aromatic heterocycles. The summed E-state index contributed by atoms with van der Waals surface area (Å²) in [5.41, 5.74) is 4.98. The Morgan fingerprint density at radius 2 is 1.90 bits per heavy atom. The Bertz CT molecular complexity index is 623. The topological polar surface area (TPSA) is 41.5 Å². The molecule has 2 aromatic rings. The third kappa shape index (κ3) is 3.76. The van der Waals surface area contributed by atoms with Gasteiger partial charge in [0.05, 0.1) is 7.11 Å². The maximum Gasteiger partial charge on any atom is 0.160 e. The van der Waals surface area contributed by atoms with Crippen molar-refractivity contribution in [2.45, 2.75) is 33.4 Å². The van der Waals surface area contributed by atoms with Crippen molar-refractivity contribution in [3.8, 4) is 11.5 Å². The minimum atomic E-state index is 0.170. The maximum absolute atomic E-state index is 9.61. The zero-order valence-corrected chi connectivity index (χ0v) is 13.1. The van der Waals surface area contributed by atoms with Gasteiger partial charge in [-0.25, -0.2) is 0 Å². The molecule has 0 saturated carbocycles. The number of phenols is 1. The average Bonchev–Trinajstić information content (AvgIpc) is 2.46. The lowest BCUT2D eigenvalue weighted by molar-refractivity contribution is 0.372. The quantitative estimate of drug-likeness (QED) is 0.876. The molecular weight excluding hydrogens is 262 g/mol. The Kier molecular flexibility index (Phi) is 4.86. The predicted molar refractivity (Wildman–Crippen MR) is 85.8 cm³/mol. The molecule has 0 spiro atoms. The first-order valence-corrected chi connectivity index (χ1v) is 7.17. The summed E-state index contributed by atoms with van der Waals surface area (Å²) in [6.45, 7) is 7.14. The van der Waals surface area contributed by atoms with E-state index in [1.54, 1.807) is 13.2 Å². The summed E-state index contributed by atoms with van der Waals surface area (Å²) < 4.78 is 5.13. The van der Waals surface area contributed by atoms with E-state index in [-0.39, 0.29) is 11.8 Å². The number of hydrogen-bond acceptors (Lipinski definition) is 3. The normalized spacial score (nSPS) is 12.2. The molecule has 21 heavy (non-hydrogen) atoms. The molecule has 0 aliphatic heterocycles. The van der Waals surface area contributed by atoms with Crippen LogP contribution in [-0.4, -0.2) is 12.2 Å². The van der Waals surface area contributed by atoms with Crippen molar-refractivity contribution >= 4 is 0 Å². The molecule has 1 atom stereocenters. The van der Waals surface area contributed by atoms with Gasteiger partial charge in [0.1, 0.15) is 0 Å². The number of methoxy groups -OCH3 is 1. The molecule has 3 nitrogen and oxygen atoms in total. The standard InChI is InChI=1S/C18H23NO2/c1-12-5-7-16(13(2)9-12)14(3)19-11-15-6-8-17(20)18(10-15)21-4/h5-10,14,19-20H,11H2,1-4H3. The fourth-order valence-corrected chi connectivity index (χ4v) is 2.52. The van der Waals surface area contributed by atoms with Gasteiger partial charge in [0.2, 0.25) is 0 Å². The molecule has 0 heterocycles. The Morgan fingerprint density at radius 1 is 1.14 bits per heavy atom. The Hall–Kier alpha value is -2.00. The molecule has 2 rings (SSSR count). The van der Waals surface area contributed by atoms with E-state index in [2.05, 4.69) is 44.3 Å². The first kappa shape index (κ1) is 15.4. The van der Waals surface area contributed by atoms with Crippen molar-refractivity contribution < 1.29 is 9.84 Å². The Labute approximate surface area is 126 Å². The van der Waals surface area contributed by atoms with Gasteiger partial charge in [-0.2, -0.15) is 0 Å². The molecule has 0 aliphatic rings. The van der Waals surface area contributed by atoms with Crippen LogP contribution in [0.15, 0.2) is 36.4 Å². The van der Waals surface area contributed by atoms with Gasteiger partial charge >= 0.3 is 0 Å². The number of phenolic OH excluding ortho intramolecular Hbond substituents is 1. The lowest BCUT2D eigenvalue weighted by atomic mass is 10.00. The summed E-state index contributed by atoms with van der Waals surface area (Å²) in [7, 11) is 1.56. The second kappa shape index (κ2) is 6.64. The van der Waals surface area contributed by atoms with Crippen LogP contribution in [0, 0.1) is 13.8 Å². The van der Waals surface area contributed by atoms with Gasteiger partial charge in [0, 0.05) is 12.6 Å². The number of ether oxygens (including phenoxy) is 1. The molecule has 3 heteroatoms. The summed E-state index contributed by atoms with van der Waals surface area (Å²) in [6.07, 6.45) is 0. The van der Waals surface area contributed by atoms with Gasteiger partial charge in [-0.1, -0.05) is 29.8 Å². The molecule has 0 fully saturated rings. The van der Waals surface area contributed by atoms with Crippen molar-refractivity contribution in [2.24, 2.45) is 0 Å². The van der Waals surface area contributed by atoms with Crippen LogP contribution in [-0.2, 0) is 6.54 Å². The second-order valence-electron chi connectivity index (χ2n) is 5.47. The first-order valence-electron chi connectivity index (χ1n) is 7.17. The van der Waals surface area contributed by atoms with E-state index in [4.69, 9.17) is 4.74 Å². The van der Waals surface area contributed by atoms with Gasteiger partial charge in [-0.15, -0.1) is 0 Å². The minimum Gasteiger partial charge on any atom is -0.504 e. The summed E-state index contributed by atoms with van der Waals surface area (Å²) in [6, 6.07) is 12.2. The highest BCUT2D eigenvalue weighted by atomic mass is 16.5. The van der Waals surface area contributed by atoms with Gasteiger partial charge in [0.25, 0.3) is 0 Å². The van der Waals surface area contributed by atoms with Gasteiger partial charge in [0.15, 0.2) is 11.5 Å². The molecule has 0 bridgehead atoms. The zero-order valence-electron chi connectivity index (χ0n) is 13.1. The minimum absolute atomic E-state index is 0.170. The number of aryl methyl sites for hydroxylation is 2. The van der Waals surface area contributed by atoms with Gasteiger partial charge in [-0.05, 0) is 49.6 Å². The summed E-state index contributed by atoms with van der Waals surface area (Å²) in [4.78, 5) is 0. The van der Waals surface area contributed by atoms with E-state index in [1.165, 1.54) is 16.7 Å². The van der Waals surface area contributed by atoms with Crippen LogP contribution >= 0.6 is 0 Å². The zero-order chi connectivity index (χ0) is 15.4. The summed E-state index contributed by atoms with van der Waals surface area (Å²) in [5.74, 6) is 0.678. The second-order valence-corrected chi connectivity index (χ2v) is 5.47. The molecule has 2 N–H and O–H groups in total. The van der Waals surface area contributed by atoms with Crippen LogP contribution in [0.2, 0.25) is 0 Å². The fourth-order valence-electron chi connectivity index (χ4n) is 2.52. The monoisotopic (exact) mass is 285 g/mol. The summed E-state index contributed by atoms with van der Waals surface area (Å²) in [5, 5.41) is 13.1. The average molecular weight is 285 g/mol. The number of aromatic hydroxyl groups is 1. The van der Waals surface area contributed by atoms with Crippen LogP contribution in [0.4, 0.5) is 0 Å². The highest BCUT2D eigenvalue weighted by Crippen LogP contribution is 2.26. The molecule has 0 aliphatic carbocycles. The molecule has 0 saturated heterocycles. The van der Waals surface area contributed by atoms with Crippen molar-refractivity contribution in [3.63, 3.8) is 0 Å². The maximum atomic E-state index is 9.61. The van der Waals surface area contributed by atoms with E-state index in [9.17, 15) is 5.11 Å². The van der Waals surface area contributed by atoms with E-state index < -0.39 is 0 Å². The van der Waals surface area contributed by atoms with E-state index in [1.807, 2.05) is 12.1 Å². The fraction of sp³-hybridized carbons (Fsp3) is 0.333. The third-order valence-corrected chi connectivity index (χ3v) is 3.75. The van der Waals surface area contributed by atoms with Crippen molar-refractivity contribution in [3.05, 3.63) is 58.7 Å². The van der Waals surface area contributed by atoms with Crippen LogP contribution in [0.3, 0.4) is 0 Å². The lowest BCUT2D eigenvalue weighted by Crippen LogP contribution is -2.19. The highest BCUT2D eigenvalue weighted by Gasteiger charge is 2.09. The largest absolute Gasteiger partial charge is 0.504 e. The molecule has 112 valence electrons. The molecule has 2 aromatic carbocycles. The number of benzene rings is 2. The number of nitrogens with one attached hydrogen (secondary N) is 1. The van der Waals surface area contributed by atoms with Crippen LogP contribution in [0.1, 0.15) is 35.2 Å². The Balaban J connectivity index is 2.05. The number of rotatable bonds is 5. The van der Waals surface area contributed by atoms with Crippen molar-refractivity contribution in [2.75, 3.05) is 7.11 Å². The molecule has 0 radical (unpaired) electrons. The van der Waals surface area contributed by atoms with Crippen LogP contribution in [0.5, 0.6) is 11.5 Å². The van der Waals surface area contributed by atoms with Crippen LogP contribution in [0.25, 0.3) is 0 Å². The molecule has 0 amide bonds. The van der Waals surface area contributed by atoms with Crippen molar-refractivity contribution in [1.29, 1.82) is 0 Å². The predicted octanol–water partition coefficient (Wildman–Crippen LogP) is 3.87. The van der Waals surface area contributed by atoms with Crippen molar-refractivity contribution in [1.82, 2.24) is 5.32 Å². The lowest BCUT2D eigenvalue weighted by Gasteiger charge is -2.17. The van der Waals surface area contributed by atoms with E-state index in [0.29, 0.717) is 5.75 Å². The smallest absolute Gasteiger partial charge is 0.160 e. The summed E-state index contributed by atoms with van der Waals surface area (Å²) >= 11 is 0. The van der Waals surface area contributed by atoms with Gasteiger partial charge in [-0.3, -0.25) is 0 Å². The van der Waals surface area contributed by atoms with E-state index >= 15 is 0 Å².